The van der Waals surface area contributed by atoms with Crippen LogP contribution in [0.2, 0.25) is 0 Å². The second-order valence-electron chi connectivity index (χ2n) is 6.91. The Bertz CT molecular complexity index is 1160. The molecule has 0 aliphatic carbocycles. The summed E-state index contributed by atoms with van der Waals surface area (Å²) in [6, 6.07) is -1.32. The quantitative estimate of drug-likeness (QED) is 0.243. The molecular weight excluding hydrogens is 442 g/mol. The van der Waals surface area contributed by atoms with E-state index in [2.05, 4.69) is 25.3 Å². The summed E-state index contributed by atoms with van der Waals surface area (Å²) in [4.78, 5) is 50.9. The maximum absolute atomic E-state index is 12.3. The van der Waals surface area contributed by atoms with Gasteiger partial charge in [-0.3, -0.25) is 9.59 Å². The second-order valence-corrected chi connectivity index (χ2v) is 7.92. The number of aromatic nitrogens is 4. The maximum Gasteiger partial charge on any atom is 0.326 e. The van der Waals surface area contributed by atoms with Gasteiger partial charge in [0.25, 0.3) is 5.91 Å². The molecule has 3 heterocycles. The van der Waals surface area contributed by atoms with Crippen molar-refractivity contribution in [2.24, 2.45) is 0 Å². The molecule has 0 saturated carbocycles. The summed E-state index contributed by atoms with van der Waals surface area (Å²) in [5.74, 6) is -3.41. The third-order valence-corrected chi connectivity index (χ3v) is 5.75. The minimum Gasteiger partial charge on any atom is -0.493 e. The molecule has 0 radical (unpaired) electrons. The molecule has 0 unspecified atom stereocenters. The predicted molar refractivity (Wildman–Crippen MR) is 115 cm³/mol. The Morgan fingerprint density at radius 1 is 1.31 bits per heavy atom. The van der Waals surface area contributed by atoms with E-state index in [-0.39, 0.29) is 29.7 Å². The molecule has 0 saturated heterocycles. The number of carbonyl (C=O) groups is 3. The van der Waals surface area contributed by atoms with Crippen molar-refractivity contribution < 1.29 is 29.7 Å². The molecule has 1 amide bonds. The predicted octanol–water partition coefficient (Wildman–Crippen LogP) is 0.429. The van der Waals surface area contributed by atoms with Crippen LogP contribution in [-0.2, 0) is 16.0 Å². The molecule has 0 spiro atoms. The van der Waals surface area contributed by atoms with Crippen LogP contribution < -0.4 is 16.0 Å². The summed E-state index contributed by atoms with van der Waals surface area (Å²) < 4.78 is 0. The summed E-state index contributed by atoms with van der Waals surface area (Å²) in [6.07, 6.45) is 3.10. The highest BCUT2D eigenvalue weighted by atomic mass is 32.1. The summed E-state index contributed by atoms with van der Waals surface area (Å²) >= 11 is 1.07. The zero-order valence-corrected chi connectivity index (χ0v) is 17.7. The molecule has 3 aromatic rings. The number of thiazole rings is 1. The maximum atomic E-state index is 12.3. The smallest absolute Gasteiger partial charge is 0.326 e. The van der Waals surface area contributed by atoms with Crippen LogP contribution in [0.1, 0.15) is 28.2 Å². The molecule has 170 valence electrons. The fourth-order valence-electron chi connectivity index (χ4n) is 2.98. The highest BCUT2D eigenvalue weighted by Gasteiger charge is 2.23. The molecule has 0 aromatic carbocycles. The lowest BCUT2D eigenvalue weighted by Crippen LogP contribution is -2.41. The third kappa shape index (κ3) is 5.21. The number of carbonyl (C=O) groups excluding carboxylic acids is 1. The summed E-state index contributed by atoms with van der Waals surface area (Å²) in [6.45, 7) is 0.510. The molecule has 13 nitrogen and oxygen atoms in total. The van der Waals surface area contributed by atoms with Crippen molar-refractivity contribution in [3.8, 4) is 5.88 Å². The van der Waals surface area contributed by atoms with Crippen molar-refractivity contribution in [2.45, 2.75) is 25.3 Å². The fourth-order valence-corrected chi connectivity index (χ4v) is 3.79. The summed E-state index contributed by atoms with van der Waals surface area (Å²) in [5, 5.41) is 31.5. The van der Waals surface area contributed by atoms with Crippen LogP contribution >= 0.6 is 11.3 Å². The molecule has 32 heavy (non-hydrogen) atoms. The minimum atomic E-state index is -1.32. The third-order valence-electron chi connectivity index (χ3n) is 4.64. The van der Waals surface area contributed by atoms with Crippen LogP contribution in [0, 0.1) is 0 Å². The lowest BCUT2D eigenvalue weighted by Gasteiger charge is -2.16. The minimum absolute atomic E-state index is 0.0379. The van der Waals surface area contributed by atoms with Gasteiger partial charge in [0.1, 0.15) is 16.7 Å². The van der Waals surface area contributed by atoms with Gasteiger partial charge < -0.3 is 36.3 Å². The highest BCUT2D eigenvalue weighted by Crippen LogP contribution is 2.27. The molecule has 14 heteroatoms. The van der Waals surface area contributed by atoms with Crippen LogP contribution in [-0.4, -0.2) is 72.7 Å². The molecule has 0 bridgehead atoms. The van der Waals surface area contributed by atoms with Crippen molar-refractivity contribution in [3.63, 3.8) is 0 Å². The number of hydrogen-bond acceptors (Lipinski definition) is 10. The second kappa shape index (κ2) is 9.47. The number of nitrogens with zero attached hydrogens (tertiary/aromatic N) is 4. The normalized spacial score (nSPS) is 11.9. The van der Waals surface area contributed by atoms with E-state index in [0.717, 1.165) is 16.9 Å². The number of carboxylic acids is 2. The number of amides is 1. The van der Waals surface area contributed by atoms with Gasteiger partial charge in [-0.2, -0.15) is 9.97 Å². The van der Waals surface area contributed by atoms with Crippen molar-refractivity contribution in [2.75, 3.05) is 24.2 Å². The first-order valence-electron chi connectivity index (χ1n) is 9.40. The molecule has 3 rings (SSSR count). The van der Waals surface area contributed by atoms with Crippen LogP contribution in [0.4, 0.5) is 10.9 Å². The van der Waals surface area contributed by atoms with Gasteiger partial charge in [0.05, 0.1) is 11.6 Å². The molecule has 0 aliphatic rings. The van der Waals surface area contributed by atoms with Gasteiger partial charge in [0, 0.05) is 26.2 Å². The molecule has 0 aliphatic heterocycles. The van der Waals surface area contributed by atoms with Crippen LogP contribution in [0.15, 0.2) is 12.4 Å². The first kappa shape index (κ1) is 22.7. The standard InChI is InChI=1S/C18H21N7O6S/c1-25(5-4-8-6-20-13-12(8)14(28)24-18(19)23-13)10-7-21-16(32-10)15(29)22-9(17(30)31)2-3-11(26)27/h6-7,9H,2-5H2,1H3,(H,22,29)(H,26,27)(H,30,31)(H4,19,20,23,24,28)/t9-/m0/s1. The Morgan fingerprint density at radius 2 is 2.06 bits per heavy atom. The van der Waals surface area contributed by atoms with E-state index in [4.69, 9.17) is 10.8 Å². The van der Waals surface area contributed by atoms with E-state index in [9.17, 15) is 24.6 Å². The van der Waals surface area contributed by atoms with E-state index in [1.807, 2.05) is 4.90 Å². The van der Waals surface area contributed by atoms with Gasteiger partial charge in [-0.1, -0.05) is 11.3 Å². The number of H-pyrrole nitrogens is 1. The zero-order valence-electron chi connectivity index (χ0n) is 16.9. The van der Waals surface area contributed by atoms with Gasteiger partial charge in [-0.15, -0.1) is 0 Å². The Labute approximate surface area is 184 Å². The van der Waals surface area contributed by atoms with Gasteiger partial charge in [-0.05, 0) is 18.4 Å². The van der Waals surface area contributed by atoms with Crippen molar-refractivity contribution >= 4 is 51.2 Å². The van der Waals surface area contributed by atoms with Crippen LogP contribution in [0.3, 0.4) is 0 Å². The van der Waals surface area contributed by atoms with E-state index in [1.54, 1.807) is 13.2 Å². The van der Waals surface area contributed by atoms with E-state index >= 15 is 0 Å². The lowest BCUT2D eigenvalue weighted by molar-refractivity contribution is -0.140. The number of anilines is 2. The number of fused-ring (bicyclic) bond motifs is 1. The number of likely N-dealkylation sites (N-methyl/N-ethyl adjacent to an activating group) is 1. The number of nitrogens with one attached hydrogen (secondary N) is 2. The van der Waals surface area contributed by atoms with Crippen LogP contribution in [0.25, 0.3) is 11.0 Å². The topological polar surface area (TPSA) is 208 Å². The average molecular weight is 463 g/mol. The largest absolute Gasteiger partial charge is 0.493 e. The lowest BCUT2D eigenvalue weighted by atomic mass is 10.1. The number of aromatic hydroxyl groups is 1. The van der Waals surface area contributed by atoms with Gasteiger partial charge in [-0.25, -0.2) is 9.78 Å². The van der Waals surface area contributed by atoms with E-state index in [1.165, 1.54) is 6.20 Å². The van der Waals surface area contributed by atoms with Crippen molar-refractivity contribution in [1.82, 2.24) is 25.3 Å². The average Bonchev–Trinajstić information content (AvgIpc) is 3.36. The van der Waals surface area contributed by atoms with Crippen LogP contribution in [0.5, 0.6) is 5.88 Å². The van der Waals surface area contributed by atoms with Crippen molar-refractivity contribution in [1.29, 1.82) is 0 Å². The fraction of sp³-hybridized carbons (Fsp3) is 0.333. The number of carboxylic acid groups (broad SMARTS) is 2. The zero-order chi connectivity index (χ0) is 23.4. The first-order valence-corrected chi connectivity index (χ1v) is 10.2. The van der Waals surface area contributed by atoms with E-state index < -0.39 is 23.9 Å². The Morgan fingerprint density at radius 3 is 2.75 bits per heavy atom. The SMILES string of the molecule is CN(CCc1c[nH]c2nc(N)nc(O)c12)c1cnc(C(=O)N[C@@H](CCC(=O)O)C(=O)O)s1. The van der Waals surface area contributed by atoms with Crippen molar-refractivity contribution in [3.05, 3.63) is 23.0 Å². The highest BCUT2D eigenvalue weighted by molar-refractivity contribution is 7.17. The Kier molecular flexibility index (Phi) is 6.73. The number of nitrogens with two attached hydrogens (primary N) is 1. The number of aromatic amines is 1. The van der Waals surface area contributed by atoms with Gasteiger partial charge >= 0.3 is 11.9 Å². The molecule has 7 N–H and O–H groups in total. The van der Waals surface area contributed by atoms with E-state index in [0.29, 0.717) is 29.0 Å². The summed E-state index contributed by atoms with van der Waals surface area (Å²) in [5.41, 5.74) is 6.75. The Balaban J connectivity index is 1.63. The summed E-state index contributed by atoms with van der Waals surface area (Å²) in [7, 11) is 1.80. The molecule has 3 aromatic heterocycles. The Hall–Kier alpha value is -3.94. The number of aliphatic carboxylic acids is 2. The molecule has 0 fully saturated rings. The molecule has 1 atom stereocenters. The van der Waals surface area contributed by atoms with Gasteiger partial charge in [0.15, 0.2) is 5.01 Å². The first-order chi connectivity index (χ1) is 15.2. The number of nitrogen functional groups attached to an aromatic ring is 1. The monoisotopic (exact) mass is 463 g/mol. The van der Waals surface area contributed by atoms with Gasteiger partial charge in [0.2, 0.25) is 11.8 Å². The number of hydrogen-bond donors (Lipinski definition) is 6. The number of rotatable bonds is 10. The molecular formula is C18H21N7O6S.